The first-order chi connectivity index (χ1) is 7.54. The van der Waals surface area contributed by atoms with Crippen molar-refractivity contribution in [2.45, 2.75) is 33.2 Å². The van der Waals surface area contributed by atoms with Gasteiger partial charge in [-0.3, -0.25) is 0 Å². The van der Waals surface area contributed by atoms with Gasteiger partial charge < -0.3 is 5.32 Å². The van der Waals surface area contributed by atoms with Gasteiger partial charge in [-0.15, -0.1) is 0 Å². The largest absolute Gasteiger partial charge is 0.310 e. The molecule has 90 valence electrons. The van der Waals surface area contributed by atoms with Crippen molar-refractivity contribution in [2.75, 3.05) is 6.54 Å². The van der Waals surface area contributed by atoms with Gasteiger partial charge in [-0.1, -0.05) is 42.3 Å². The number of nitrogens with one attached hydrogen (secondary N) is 1. The molecule has 0 radical (unpaired) electrons. The van der Waals surface area contributed by atoms with Crippen molar-refractivity contribution < 1.29 is 4.39 Å². The highest BCUT2D eigenvalue weighted by Crippen LogP contribution is 2.24. The first-order valence-electron chi connectivity index (χ1n) is 5.73. The van der Waals surface area contributed by atoms with Gasteiger partial charge >= 0.3 is 0 Å². The molecule has 1 aromatic rings. The quantitative estimate of drug-likeness (QED) is 0.852. The predicted octanol–water partition coefficient (Wildman–Crippen LogP) is 4.28. The van der Waals surface area contributed by atoms with Crippen molar-refractivity contribution in [3.05, 3.63) is 34.1 Å². The molecule has 2 unspecified atom stereocenters. The zero-order valence-corrected chi connectivity index (χ0v) is 11.6. The lowest BCUT2D eigenvalue weighted by molar-refractivity contribution is 0.460. The Balaban J connectivity index is 2.62. The third-order valence-electron chi connectivity index (χ3n) is 2.90. The van der Waals surface area contributed by atoms with Crippen LogP contribution in [0.1, 0.15) is 38.8 Å². The first-order valence-corrected chi connectivity index (χ1v) is 6.52. The van der Waals surface area contributed by atoms with E-state index in [0.717, 1.165) is 16.6 Å². The molecule has 0 heterocycles. The minimum absolute atomic E-state index is 0.204. The molecule has 0 saturated carbocycles. The van der Waals surface area contributed by atoms with Gasteiger partial charge in [0.2, 0.25) is 0 Å². The molecule has 0 aliphatic heterocycles. The fourth-order valence-corrected chi connectivity index (χ4v) is 2.18. The van der Waals surface area contributed by atoms with Crippen LogP contribution in [0.15, 0.2) is 22.7 Å². The molecule has 1 aromatic carbocycles. The summed E-state index contributed by atoms with van der Waals surface area (Å²) in [6, 6.07) is 5.08. The highest BCUT2D eigenvalue weighted by molar-refractivity contribution is 9.10. The van der Waals surface area contributed by atoms with Crippen LogP contribution in [0.2, 0.25) is 0 Å². The van der Waals surface area contributed by atoms with Gasteiger partial charge in [-0.25, -0.2) is 4.39 Å². The molecular weight excluding hydrogens is 269 g/mol. The zero-order valence-electron chi connectivity index (χ0n) is 10.1. The van der Waals surface area contributed by atoms with Crippen molar-refractivity contribution in [2.24, 2.45) is 5.92 Å². The number of hydrogen-bond acceptors (Lipinski definition) is 1. The van der Waals surface area contributed by atoms with Crippen LogP contribution in [0.5, 0.6) is 0 Å². The maximum atomic E-state index is 12.9. The Morgan fingerprint density at radius 1 is 1.38 bits per heavy atom. The van der Waals surface area contributed by atoms with Gasteiger partial charge in [-0.2, -0.15) is 0 Å². The summed E-state index contributed by atoms with van der Waals surface area (Å²) >= 11 is 3.39. The Hall–Kier alpha value is -0.410. The lowest BCUT2D eigenvalue weighted by Gasteiger charge is -2.18. The summed E-state index contributed by atoms with van der Waals surface area (Å²) in [7, 11) is 0. The molecular formula is C13H19BrFN. The summed E-state index contributed by atoms with van der Waals surface area (Å²) in [6.45, 7) is 7.49. The van der Waals surface area contributed by atoms with Crippen molar-refractivity contribution in [3.63, 3.8) is 0 Å². The second kappa shape index (κ2) is 6.36. The molecule has 0 amide bonds. The number of rotatable bonds is 5. The van der Waals surface area contributed by atoms with Gasteiger partial charge in [0.05, 0.1) is 0 Å². The topological polar surface area (TPSA) is 12.0 Å². The highest BCUT2D eigenvalue weighted by atomic mass is 79.9. The smallest absolute Gasteiger partial charge is 0.124 e. The van der Waals surface area contributed by atoms with Crippen LogP contribution in [0.3, 0.4) is 0 Å². The molecule has 3 heteroatoms. The van der Waals surface area contributed by atoms with E-state index < -0.39 is 0 Å². The van der Waals surface area contributed by atoms with Gasteiger partial charge in [0.25, 0.3) is 0 Å². The molecule has 0 aromatic heterocycles. The lowest BCUT2D eigenvalue weighted by atomic mass is 10.1. The van der Waals surface area contributed by atoms with Crippen LogP contribution < -0.4 is 5.32 Å². The highest BCUT2D eigenvalue weighted by Gasteiger charge is 2.10. The number of benzene rings is 1. The van der Waals surface area contributed by atoms with E-state index in [0.29, 0.717) is 5.92 Å². The average Bonchev–Trinajstić information content (AvgIpc) is 2.25. The predicted molar refractivity (Wildman–Crippen MR) is 70.0 cm³/mol. The minimum Gasteiger partial charge on any atom is -0.310 e. The second-order valence-corrected chi connectivity index (χ2v) is 5.16. The number of hydrogen-bond donors (Lipinski definition) is 1. The Bertz CT molecular complexity index is 341. The van der Waals surface area contributed by atoms with Gasteiger partial charge in [0.15, 0.2) is 0 Å². The zero-order chi connectivity index (χ0) is 12.1. The molecule has 1 nitrogen and oxygen atoms in total. The molecule has 0 fully saturated rings. The molecule has 16 heavy (non-hydrogen) atoms. The maximum Gasteiger partial charge on any atom is 0.124 e. The van der Waals surface area contributed by atoms with Crippen molar-refractivity contribution >= 4 is 15.9 Å². The van der Waals surface area contributed by atoms with E-state index in [1.54, 1.807) is 0 Å². The van der Waals surface area contributed by atoms with Crippen LogP contribution in [0.4, 0.5) is 4.39 Å². The molecule has 0 aliphatic carbocycles. The molecule has 0 spiro atoms. The van der Waals surface area contributed by atoms with Crippen molar-refractivity contribution in [1.82, 2.24) is 5.32 Å². The average molecular weight is 288 g/mol. The molecule has 0 saturated heterocycles. The summed E-state index contributed by atoms with van der Waals surface area (Å²) in [5.41, 5.74) is 1.10. The third kappa shape index (κ3) is 3.87. The monoisotopic (exact) mass is 287 g/mol. The molecule has 0 aliphatic rings. The van der Waals surface area contributed by atoms with Gasteiger partial charge in [0, 0.05) is 10.5 Å². The minimum atomic E-state index is -0.204. The second-order valence-electron chi connectivity index (χ2n) is 4.31. The fourth-order valence-electron chi connectivity index (χ4n) is 1.48. The molecule has 1 N–H and O–H groups in total. The number of halogens is 2. The normalized spacial score (nSPS) is 14.8. The van der Waals surface area contributed by atoms with E-state index >= 15 is 0 Å². The van der Waals surface area contributed by atoms with E-state index in [2.05, 4.69) is 42.0 Å². The van der Waals surface area contributed by atoms with Gasteiger partial charge in [0.1, 0.15) is 5.82 Å². The van der Waals surface area contributed by atoms with E-state index in [4.69, 9.17) is 0 Å². The first kappa shape index (κ1) is 13.7. The summed E-state index contributed by atoms with van der Waals surface area (Å²) < 4.78 is 13.8. The van der Waals surface area contributed by atoms with E-state index in [9.17, 15) is 4.39 Å². The third-order valence-corrected chi connectivity index (χ3v) is 3.59. The molecule has 2 atom stereocenters. The van der Waals surface area contributed by atoms with Crippen LogP contribution in [0.25, 0.3) is 0 Å². The van der Waals surface area contributed by atoms with Gasteiger partial charge in [-0.05, 0) is 37.1 Å². The Labute approximate surface area is 106 Å². The summed E-state index contributed by atoms with van der Waals surface area (Å²) in [5, 5.41) is 3.46. The van der Waals surface area contributed by atoms with Crippen LogP contribution in [0, 0.1) is 11.7 Å². The van der Waals surface area contributed by atoms with E-state index in [1.807, 2.05) is 6.07 Å². The summed E-state index contributed by atoms with van der Waals surface area (Å²) in [5.74, 6) is 0.464. The van der Waals surface area contributed by atoms with Crippen LogP contribution in [-0.2, 0) is 0 Å². The van der Waals surface area contributed by atoms with E-state index in [1.165, 1.54) is 18.6 Å². The summed E-state index contributed by atoms with van der Waals surface area (Å²) in [6.07, 6.45) is 1.17. The van der Waals surface area contributed by atoms with Crippen molar-refractivity contribution in [1.29, 1.82) is 0 Å². The maximum absolute atomic E-state index is 12.9. The molecule has 0 bridgehead atoms. The SMILES string of the molecule is CCC(C)CNC(C)c1ccc(F)cc1Br. The summed E-state index contributed by atoms with van der Waals surface area (Å²) in [4.78, 5) is 0. The molecule has 1 rings (SSSR count). The standard InChI is InChI=1S/C13H19BrFN/c1-4-9(2)8-16-10(3)12-6-5-11(15)7-13(12)14/h5-7,9-10,16H,4,8H2,1-3H3. The fraction of sp³-hybridized carbons (Fsp3) is 0.538. The Kier molecular flexibility index (Phi) is 5.42. The Morgan fingerprint density at radius 3 is 2.62 bits per heavy atom. The van der Waals surface area contributed by atoms with Crippen molar-refractivity contribution in [3.8, 4) is 0 Å². The van der Waals surface area contributed by atoms with Crippen LogP contribution in [-0.4, -0.2) is 6.54 Å². The van der Waals surface area contributed by atoms with E-state index in [-0.39, 0.29) is 11.9 Å². The lowest BCUT2D eigenvalue weighted by Crippen LogP contribution is -2.24. The van der Waals surface area contributed by atoms with Crippen LogP contribution >= 0.6 is 15.9 Å². The Morgan fingerprint density at radius 2 is 2.06 bits per heavy atom.